The highest BCUT2D eigenvalue weighted by molar-refractivity contribution is 7.90. The molecule has 1 aromatic carbocycles. The van der Waals surface area contributed by atoms with Crippen molar-refractivity contribution >= 4 is 46.2 Å². The first kappa shape index (κ1) is 34.2. The van der Waals surface area contributed by atoms with Gasteiger partial charge in [0.15, 0.2) is 0 Å². The molecule has 2 aromatic heterocycles. The number of hydrogen-bond donors (Lipinski definition) is 4. The maximum Gasteiger partial charge on any atom is 0.408 e. The lowest BCUT2D eigenvalue weighted by Crippen LogP contribution is -2.46. The molecule has 14 heteroatoms. The molecular formula is C30H41N7O6S. The van der Waals surface area contributed by atoms with Crippen molar-refractivity contribution < 1.29 is 23.8 Å². The van der Waals surface area contributed by atoms with Gasteiger partial charge >= 0.3 is 11.8 Å². The van der Waals surface area contributed by atoms with Crippen molar-refractivity contribution in [2.45, 2.75) is 65.1 Å². The summed E-state index contributed by atoms with van der Waals surface area (Å²) < 4.78 is 19.1. The third-order valence-electron chi connectivity index (χ3n) is 6.51. The summed E-state index contributed by atoms with van der Waals surface area (Å²) in [6.07, 6.45) is 6.31. The number of aromatic nitrogens is 2. The number of anilines is 3. The summed E-state index contributed by atoms with van der Waals surface area (Å²) in [6.45, 7) is 8.37. The molecule has 0 aliphatic rings. The van der Waals surface area contributed by atoms with Crippen LogP contribution in [-0.4, -0.2) is 61.2 Å². The summed E-state index contributed by atoms with van der Waals surface area (Å²) in [5.74, 6) is 0.0487. The molecule has 0 saturated heterocycles. The fourth-order valence-electron chi connectivity index (χ4n) is 4.31. The summed E-state index contributed by atoms with van der Waals surface area (Å²) in [6, 6.07) is 9.92. The van der Waals surface area contributed by atoms with Crippen molar-refractivity contribution in [3.63, 3.8) is 0 Å². The van der Waals surface area contributed by atoms with Crippen LogP contribution in [0.1, 0.15) is 46.1 Å². The molecule has 2 amide bonds. The Morgan fingerprint density at radius 2 is 1.86 bits per heavy atom. The van der Waals surface area contributed by atoms with Crippen molar-refractivity contribution in [3.8, 4) is 11.1 Å². The van der Waals surface area contributed by atoms with Crippen LogP contribution >= 0.6 is 0 Å². The lowest BCUT2D eigenvalue weighted by molar-refractivity contribution is -0.384. The molecule has 44 heavy (non-hydrogen) atoms. The number of nitrogens with two attached hydrogens (primary N) is 1. The number of nitrogens with zero attached hydrogens (tertiary/aromatic N) is 3. The monoisotopic (exact) mass is 627 g/mol. The van der Waals surface area contributed by atoms with Crippen LogP contribution in [0, 0.1) is 10.1 Å². The van der Waals surface area contributed by atoms with Gasteiger partial charge in [0, 0.05) is 43.5 Å². The van der Waals surface area contributed by atoms with Gasteiger partial charge in [-0.25, -0.2) is 9.78 Å². The van der Waals surface area contributed by atoms with Gasteiger partial charge in [0.25, 0.3) is 0 Å². The Labute approximate surface area is 260 Å². The number of nitrogen functional groups attached to an aromatic ring is 1. The quantitative estimate of drug-likeness (QED) is 0.0849. The van der Waals surface area contributed by atoms with Gasteiger partial charge in [0.2, 0.25) is 11.7 Å². The number of pyridine rings is 1. The molecular weight excluding hydrogens is 586 g/mol. The highest BCUT2D eigenvalue weighted by atomic mass is 32.2. The van der Waals surface area contributed by atoms with Gasteiger partial charge in [-0.05, 0) is 50.8 Å². The van der Waals surface area contributed by atoms with Crippen LogP contribution in [0.5, 0.6) is 0 Å². The second kappa shape index (κ2) is 15.4. The molecule has 0 spiro atoms. The van der Waals surface area contributed by atoms with Gasteiger partial charge in [-0.2, -0.15) is 0 Å². The van der Waals surface area contributed by atoms with E-state index in [0.717, 1.165) is 17.5 Å². The lowest BCUT2D eigenvalue weighted by atomic mass is 10.0. The molecule has 13 nitrogen and oxygen atoms in total. The van der Waals surface area contributed by atoms with Gasteiger partial charge in [-0.15, -0.1) is 0 Å². The van der Waals surface area contributed by atoms with Crippen molar-refractivity contribution in [2.75, 3.05) is 34.9 Å². The lowest BCUT2D eigenvalue weighted by Gasteiger charge is -2.23. The molecule has 3 rings (SSSR count). The van der Waals surface area contributed by atoms with E-state index in [1.54, 1.807) is 27.0 Å². The molecule has 0 bridgehead atoms. The Bertz CT molecular complexity index is 1440. The minimum Gasteiger partial charge on any atom is -0.617 e. The number of rotatable bonds is 14. The number of nitrogens with one attached hydrogen (secondary N) is 3. The molecule has 0 saturated carbocycles. The van der Waals surface area contributed by atoms with Crippen molar-refractivity contribution in [1.29, 1.82) is 0 Å². The second-order valence-corrected chi connectivity index (χ2v) is 12.8. The van der Waals surface area contributed by atoms with E-state index in [-0.39, 0.29) is 23.7 Å². The molecule has 0 fully saturated rings. The van der Waals surface area contributed by atoms with E-state index < -0.39 is 39.7 Å². The number of carbonyl (C=O) groups is 2. The summed E-state index contributed by atoms with van der Waals surface area (Å²) >= 11 is -1.16. The first-order valence-electron chi connectivity index (χ1n) is 14.3. The largest absolute Gasteiger partial charge is 0.617 e. The Kier molecular flexibility index (Phi) is 12.0. The molecule has 2 atom stereocenters. The summed E-state index contributed by atoms with van der Waals surface area (Å²) in [5.41, 5.74) is 8.14. The zero-order valence-electron chi connectivity index (χ0n) is 25.7. The zero-order valence-corrected chi connectivity index (χ0v) is 26.5. The fourth-order valence-corrected chi connectivity index (χ4v) is 4.88. The molecule has 3 aromatic rings. The minimum atomic E-state index is -1.16. The third-order valence-corrected chi connectivity index (χ3v) is 7.32. The van der Waals surface area contributed by atoms with E-state index in [9.17, 15) is 24.3 Å². The first-order chi connectivity index (χ1) is 20.8. The molecule has 0 aliphatic carbocycles. The van der Waals surface area contributed by atoms with Crippen LogP contribution in [0.3, 0.4) is 0 Å². The number of hydrogen-bond acceptors (Lipinski definition) is 9. The smallest absolute Gasteiger partial charge is 0.408 e. The molecule has 2 unspecified atom stereocenters. The Morgan fingerprint density at radius 3 is 2.45 bits per heavy atom. The zero-order chi connectivity index (χ0) is 32.4. The molecule has 0 radical (unpaired) electrons. The Hall–Kier alpha value is -4.30. The maximum atomic E-state index is 13.5. The average molecular weight is 628 g/mol. The van der Waals surface area contributed by atoms with E-state index >= 15 is 0 Å². The van der Waals surface area contributed by atoms with Crippen molar-refractivity contribution in [1.82, 2.24) is 14.9 Å². The standard InChI is InChI=1S/C30H41N7O6S/c1-6-20-8-10-21(11-9-20)22-18-36(16-7-15-32-26-13-12-25(37(40)41)27(31)35-26)19-24(22)33-28(38)23(14-17-44(5)42)34-29(39)43-30(2,3)4/h8-13,18-19,23H,6-7,14-17H2,1-5H3,(H,33,38)(H,34,39)(H3,31,32,35). The normalized spacial score (nSPS) is 12.7. The van der Waals surface area contributed by atoms with Crippen LogP contribution in [0.25, 0.3) is 11.1 Å². The predicted molar refractivity (Wildman–Crippen MR) is 173 cm³/mol. The van der Waals surface area contributed by atoms with E-state index in [1.807, 2.05) is 41.2 Å². The summed E-state index contributed by atoms with van der Waals surface area (Å²) in [4.78, 5) is 40.4. The molecule has 0 aliphatic heterocycles. The third kappa shape index (κ3) is 10.5. The second-order valence-electron chi connectivity index (χ2n) is 11.3. The Morgan fingerprint density at radius 1 is 1.16 bits per heavy atom. The highest BCUT2D eigenvalue weighted by Gasteiger charge is 2.26. The first-order valence-corrected chi connectivity index (χ1v) is 16.0. The minimum absolute atomic E-state index is 0.158. The van der Waals surface area contributed by atoms with Gasteiger partial charge < -0.3 is 35.5 Å². The number of nitro groups is 1. The molecule has 2 heterocycles. The number of alkyl carbamates (subject to hydrolysis) is 1. The van der Waals surface area contributed by atoms with E-state index in [2.05, 4.69) is 27.9 Å². The van der Waals surface area contributed by atoms with Gasteiger partial charge in [0.05, 0.1) is 16.9 Å². The number of benzene rings is 1. The summed E-state index contributed by atoms with van der Waals surface area (Å²) in [5, 5.41) is 19.7. The van der Waals surface area contributed by atoms with Crippen LogP contribution in [0.15, 0.2) is 48.8 Å². The SMILES string of the molecule is CCc1ccc(-c2cn(CCCNc3ccc([N+](=O)[O-])c(N)n3)cc2NC(=O)C(CC[S+](C)[O-])NC(=O)OC(C)(C)C)cc1. The highest BCUT2D eigenvalue weighted by Crippen LogP contribution is 2.30. The van der Waals surface area contributed by atoms with Crippen LogP contribution in [-0.2, 0) is 33.7 Å². The van der Waals surface area contributed by atoms with Crippen molar-refractivity contribution in [3.05, 3.63) is 64.5 Å². The van der Waals surface area contributed by atoms with E-state index in [1.165, 1.54) is 17.7 Å². The predicted octanol–water partition coefficient (Wildman–Crippen LogP) is 4.71. The molecule has 5 N–H and O–H groups in total. The van der Waals surface area contributed by atoms with Gasteiger partial charge in [0.1, 0.15) is 23.2 Å². The van der Waals surface area contributed by atoms with Crippen molar-refractivity contribution in [2.24, 2.45) is 0 Å². The maximum absolute atomic E-state index is 13.5. The van der Waals surface area contributed by atoms with Crippen LogP contribution in [0.4, 0.5) is 27.8 Å². The van der Waals surface area contributed by atoms with Crippen LogP contribution < -0.4 is 21.7 Å². The van der Waals surface area contributed by atoms with E-state index in [0.29, 0.717) is 31.0 Å². The van der Waals surface area contributed by atoms with E-state index in [4.69, 9.17) is 10.5 Å². The average Bonchev–Trinajstić information content (AvgIpc) is 3.34. The van der Waals surface area contributed by atoms with Crippen LogP contribution in [0.2, 0.25) is 0 Å². The Balaban J connectivity index is 1.77. The number of aryl methyl sites for hydroxylation is 2. The molecule has 238 valence electrons. The fraction of sp³-hybridized carbons (Fsp3) is 0.433. The van der Waals surface area contributed by atoms with Gasteiger partial charge in [-0.1, -0.05) is 42.4 Å². The summed E-state index contributed by atoms with van der Waals surface area (Å²) in [7, 11) is 0. The number of amides is 2. The topological polar surface area (TPSA) is 189 Å². The number of carbonyl (C=O) groups excluding carboxylic acids is 2. The number of ether oxygens (including phenoxy) is 1. The van der Waals surface area contributed by atoms with Gasteiger partial charge in [-0.3, -0.25) is 14.9 Å².